The van der Waals surface area contributed by atoms with Gasteiger partial charge in [-0.3, -0.25) is 0 Å². The van der Waals surface area contributed by atoms with Crippen LogP contribution >= 0.6 is 11.8 Å². The van der Waals surface area contributed by atoms with Gasteiger partial charge in [0, 0.05) is 17.2 Å². The van der Waals surface area contributed by atoms with Gasteiger partial charge >= 0.3 is 5.97 Å². The predicted octanol–water partition coefficient (Wildman–Crippen LogP) is 3.96. The molecule has 0 saturated heterocycles. The van der Waals surface area contributed by atoms with E-state index < -0.39 is 5.97 Å². The van der Waals surface area contributed by atoms with E-state index in [0.29, 0.717) is 5.56 Å². The summed E-state index contributed by atoms with van der Waals surface area (Å²) in [5.41, 5.74) is 1.68. The molecule has 0 bridgehead atoms. The smallest absolute Gasteiger partial charge is 0.337 e. The zero-order valence-electron chi connectivity index (χ0n) is 13.2. The maximum Gasteiger partial charge on any atom is 0.337 e. The number of hydrogen-bond acceptors (Lipinski definition) is 3. The summed E-state index contributed by atoms with van der Waals surface area (Å²) in [7, 11) is 0. The van der Waals surface area contributed by atoms with Gasteiger partial charge in [0.25, 0.3) is 0 Å². The van der Waals surface area contributed by atoms with Crippen LogP contribution in [-0.4, -0.2) is 32.6 Å². The van der Waals surface area contributed by atoms with Crippen molar-refractivity contribution in [2.45, 2.75) is 39.2 Å². The maximum absolute atomic E-state index is 11.6. The Morgan fingerprint density at radius 3 is 2.62 bits per heavy atom. The van der Waals surface area contributed by atoms with Gasteiger partial charge in [0.1, 0.15) is 5.82 Å². The van der Waals surface area contributed by atoms with Crippen LogP contribution in [0.2, 0.25) is 0 Å². The van der Waals surface area contributed by atoms with Crippen molar-refractivity contribution in [2.24, 2.45) is 0 Å². The van der Waals surface area contributed by atoms with E-state index in [9.17, 15) is 9.90 Å². The summed E-state index contributed by atoms with van der Waals surface area (Å²) in [4.78, 5) is 16.3. The van der Waals surface area contributed by atoms with Crippen molar-refractivity contribution in [2.75, 3.05) is 12.0 Å². The van der Waals surface area contributed by atoms with E-state index in [4.69, 9.17) is 4.98 Å². The minimum absolute atomic E-state index is 0.137. The predicted molar refractivity (Wildman–Crippen MR) is 88.5 cm³/mol. The summed E-state index contributed by atoms with van der Waals surface area (Å²) in [6.07, 6.45) is 2.06. The third-order valence-electron chi connectivity index (χ3n) is 3.46. The fourth-order valence-corrected chi connectivity index (χ4v) is 3.23. The molecule has 114 valence electrons. The second-order valence-electron chi connectivity index (χ2n) is 6.34. The number of benzene rings is 1. The molecule has 0 saturated carbocycles. The average Bonchev–Trinajstić information content (AvgIpc) is 2.77. The van der Waals surface area contributed by atoms with Gasteiger partial charge in [-0.2, -0.15) is 11.8 Å². The molecule has 1 heterocycles. The molecule has 4 nitrogen and oxygen atoms in total. The van der Waals surface area contributed by atoms with Gasteiger partial charge in [0.15, 0.2) is 0 Å². The Balaban J connectivity index is 2.83. The molecule has 1 atom stereocenters. The second kappa shape index (κ2) is 5.72. The molecule has 2 rings (SSSR count). The van der Waals surface area contributed by atoms with E-state index in [1.165, 1.54) is 0 Å². The van der Waals surface area contributed by atoms with Crippen LogP contribution < -0.4 is 0 Å². The van der Waals surface area contributed by atoms with E-state index in [-0.39, 0.29) is 11.5 Å². The van der Waals surface area contributed by atoms with E-state index in [1.54, 1.807) is 23.9 Å². The Bertz CT molecular complexity index is 671. The molecule has 1 aromatic carbocycles. The van der Waals surface area contributed by atoms with Crippen molar-refractivity contribution >= 4 is 28.8 Å². The molecule has 1 N–H and O–H groups in total. The van der Waals surface area contributed by atoms with Crippen molar-refractivity contribution in [3.05, 3.63) is 29.6 Å². The normalized spacial score (nSPS) is 13.6. The molecule has 0 aliphatic rings. The quantitative estimate of drug-likeness (QED) is 0.929. The Kier molecular flexibility index (Phi) is 4.33. The zero-order valence-corrected chi connectivity index (χ0v) is 14.0. The molecule has 5 heteroatoms. The Morgan fingerprint density at radius 1 is 1.43 bits per heavy atom. The lowest BCUT2D eigenvalue weighted by molar-refractivity contribution is 0.0698. The highest BCUT2D eigenvalue weighted by Crippen LogP contribution is 2.32. The number of para-hydroxylation sites is 1. The first-order valence-corrected chi connectivity index (χ1v) is 8.40. The number of hydrogen-bond donors (Lipinski definition) is 1. The number of carbonyl (C=O) groups is 1. The zero-order chi connectivity index (χ0) is 15.8. The molecule has 0 radical (unpaired) electrons. The fourth-order valence-electron chi connectivity index (χ4n) is 2.60. The summed E-state index contributed by atoms with van der Waals surface area (Å²) >= 11 is 1.75. The summed E-state index contributed by atoms with van der Waals surface area (Å²) in [6, 6.07) is 5.50. The first-order valence-electron chi connectivity index (χ1n) is 7.01. The lowest BCUT2D eigenvalue weighted by Gasteiger charge is -2.24. The summed E-state index contributed by atoms with van der Waals surface area (Å²) in [5.74, 6) is 0.953. The number of nitrogens with zero attached hydrogens (tertiary/aromatic N) is 2. The summed E-state index contributed by atoms with van der Waals surface area (Å²) in [6.45, 7) is 8.44. The first-order chi connectivity index (χ1) is 9.77. The van der Waals surface area contributed by atoms with Gasteiger partial charge in [-0.15, -0.1) is 0 Å². The van der Waals surface area contributed by atoms with Crippen LogP contribution in [-0.2, 0) is 5.41 Å². The van der Waals surface area contributed by atoms with Crippen LogP contribution in [0.25, 0.3) is 11.0 Å². The Hall–Kier alpha value is -1.49. The molecular weight excluding hydrogens is 284 g/mol. The minimum atomic E-state index is -0.904. The van der Waals surface area contributed by atoms with E-state index >= 15 is 0 Å². The van der Waals surface area contributed by atoms with Crippen LogP contribution in [0.4, 0.5) is 0 Å². The maximum atomic E-state index is 11.6. The number of aromatic carboxylic acids is 1. The molecule has 0 aliphatic heterocycles. The largest absolute Gasteiger partial charge is 0.478 e. The van der Waals surface area contributed by atoms with E-state index in [1.807, 2.05) is 6.07 Å². The molecule has 1 aromatic heterocycles. The third kappa shape index (κ3) is 2.93. The molecule has 0 spiro atoms. The number of fused-ring (bicyclic) bond motifs is 1. The topological polar surface area (TPSA) is 55.1 Å². The minimum Gasteiger partial charge on any atom is -0.478 e. The van der Waals surface area contributed by atoms with Crippen molar-refractivity contribution in [1.82, 2.24) is 9.55 Å². The van der Waals surface area contributed by atoms with Crippen molar-refractivity contribution < 1.29 is 9.90 Å². The van der Waals surface area contributed by atoms with Crippen molar-refractivity contribution in [1.29, 1.82) is 0 Å². The van der Waals surface area contributed by atoms with Crippen LogP contribution in [0.3, 0.4) is 0 Å². The fraction of sp³-hybridized carbons (Fsp3) is 0.500. The van der Waals surface area contributed by atoms with Gasteiger partial charge in [-0.05, 0) is 25.3 Å². The Morgan fingerprint density at radius 2 is 2.10 bits per heavy atom. The first kappa shape index (κ1) is 15.9. The van der Waals surface area contributed by atoms with Gasteiger partial charge in [-0.25, -0.2) is 9.78 Å². The number of carboxylic acids is 1. The number of imidazole rings is 1. The highest BCUT2D eigenvalue weighted by atomic mass is 32.2. The molecule has 0 fully saturated rings. The SMILES string of the molecule is CSCC(C)n1c(C(C)(C)C)nc2cccc(C(=O)O)c21. The van der Waals surface area contributed by atoms with Gasteiger partial charge < -0.3 is 9.67 Å². The molecular formula is C16H22N2O2S. The number of thioether (sulfide) groups is 1. The second-order valence-corrected chi connectivity index (χ2v) is 7.25. The monoisotopic (exact) mass is 306 g/mol. The number of carboxylic acid groups (broad SMARTS) is 1. The van der Waals surface area contributed by atoms with Gasteiger partial charge in [0.05, 0.1) is 16.6 Å². The third-order valence-corrected chi connectivity index (χ3v) is 4.28. The van der Waals surface area contributed by atoms with E-state index in [0.717, 1.165) is 22.6 Å². The van der Waals surface area contributed by atoms with Crippen LogP contribution in [0.5, 0.6) is 0 Å². The molecule has 1 unspecified atom stereocenters. The highest BCUT2D eigenvalue weighted by Gasteiger charge is 2.27. The molecule has 21 heavy (non-hydrogen) atoms. The van der Waals surface area contributed by atoms with Crippen LogP contribution in [0.1, 0.15) is 49.9 Å². The van der Waals surface area contributed by atoms with Crippen molar-refractivity contribution in [3.8, 4) is 0 Å². The van der Waals surface area contributed by atoms with Gasteiger partial charge in [0.2, 0.25) is 0 Å². The van der Waals surface area contributed by atoms with Crippen molar-refractivity contribution in [3.63, 3.8) is 0 Å². The summed E-state index contributed by atoms with van der Waals surface area (Å²) < 4.78 is 2.11. The molecule has 0 aliphatic carbocycles. The standard InChI is InChI=1S/C16H22N2O2S/c1-10(9-21-5)18-13-11(14(19)20)7-6-8-12(13)17-15(18)16(2,3)4/h6-8,10H,9H2,1-5H3,(H,19,20). The highest BCUT2D eigenvalue weighted by molar-refractivity contribution is 7.98. The van der Waals surface area contributed by atoms with Gasteiger partial charge in [-0.1, -0.05) is 26.8 Å². The molecule has 2 aromatic rings. The Labute approximate surface area is 129 Å². The van der Waals surface area contributed by atoms with Crippen LogP contribution in [0, 0.1) is 0 Å². The van der Waals surface area contributed by atoms with E-state index in [2.05, 4.69) is 38.5 Å². The lowest BCUT2D eigenvalue weighted by Crippen LogP contribution is -2.22. The number of rotatable bonds is 4. The average molecular weight is 306 g/mol. The van der Waals surface area contributed by atoms with Crippen LogP contribution in [0.15, 0.2) is 18.2 Å². The molecule has 0 amide bonds. The lowest BCUT2D eigenvalue weighted by atomic mass is 9.95. The number of aromatic nitrogens is 2. The summed E-state index contributed by atoms with van der Waals surface area (Å²) in [5, 5.41) is 9.48.